The Labute approximate surface area is 155 Å². The molecular weight excluding hydrogens is 352 g/mol. The van der Waals surface area contributed by atoms with Crippen molar-refractivity contribution >= 4 is 39.1 Å². The van der Waals surface area contributed by atoms with Crippen LogP contribution in [0.25, 0.3) is 10.2 Å². The van der Waals surface area contributed by atoms with E-state index in [9.17, 15) is 4.79 Å². The van der Waals surface area contributed by atoms with Crippen molar-refractivity contribution in [1.82, 2.24) is 4.57 Å². The second-order valence-corrected chi connectivity index (χ2v) is 7.44. The van der Waals surface area contributed by atoms with Crippen LogP contribution in [-0.4, -0.2) is 10.5 Å². The number of aromatic nitrogens is 1. The number of rotatable bonds is 4. The predicted molar refractivity (Wildman–Crippen MR) is 105 cm³/mol. The molecule has 0 fully saturated rings. The minimum absolute atomic E-state index is 0.154. The molecule has 0 N–H and O–H groups in total. The van der Waals surface area contributed by atoms with Crippen LogP contribution in [0.15, 0.2) is 54.0 Å². The minimum Gasteiger partial charge on any atom is -0.313 e. The summed E-state index contributed by atoms with van der Waals surface area (Å²) in [5.41, 5.74) is 4.39. The van der Waals surface area contributed by atoms with Crippen molar-refractivity contribution in [2.75, 3.05) is 0 Å². The maximum atomic E-state index is 12.5. The zero-order valence-corrected chi connectivity index (χ0v) is 15.8. The highest BCUT2D eigenvalue weighted by Gasteiger charge is 2.09. The molecular formula is C20H19ClN2OS. The number of hydrogen-bond acceptors (Lipinski definition) is 2. The molecule has 3 nitrogen and oxygen atoms in total. The normalized spacial score (nSPS) is 11.9. The Morgan fingerprint density at radius 3 is 2.76 bits per heavy atom. The molecule has 0 aliphatic carbocycles. The molecule has 0 aliphatic rings. The number of hydrogen-bond donors (Lipinski definition) is 0. The molecule has 0 aliphatic heterocycles. The van der Waals surface area contributed by atoms with Crippen LogP contribution in [0.5, 0.6) is 0 Å². The monoisotopic (exact) mass is 370 g/mol. The molecule has 0 unspecified atom stereocenters. The van der Waals surface area contributed by atoms with Crippen LogP contribution >= 0.6 is 22.9 Å². The molecule has 0 saturated carbocycles. The van der Waals surface area contributed by atoms with E-state index in [-0.39, 0.29) is 5.91 Å². The van der Waals surface area contributed by atoms with Gasteiger partial charge in [0, 0.05) is 11.6 Å². The molecule has 1 aromatic heterocycles. The van der Waals surface area contributed by atoms with Crippen LogP contribution in [0.3, 0.4) is 0 Å². The summed E-state index contributed by atoms with van der Waals surface area (Å²) in [4.78, 5) is 17.5. The van der Waals surface area contributed by atoms with Gasteiger partial charge in [-0.15, -0.1) is 6.58 Å². The standard InChI is InChI=1S/C20H19ClN2OS/c1-4-9-23-17-8-7-16(21)12-18(17)25-20(23)22-19(24)11-15-6-5-13(2)14(3)10-15/h4-8,10,12H,1,9,11H2,2-3H3. The van der Waals surface area contributed by atoms with Gasteiger partial charge in [-0.1, -0.05) is 47.2 Å². The molecule has 25 heavy (non-hydrogen) atoms. The van der Waals surface area contributed by atoms with Gasteiger partial charge in [0.2, 0.25) is 0 Å². The van der Waals surface area contributed by atoms with E-state index in [1.165, 1.54) is 22.5 Å². The number of thiazole rings is 1. The van der Waals surface area contributed by atoms with E-state index in [4.69, 9.17) is 11.6 Å². The number of carbonyl (C=O) groups excluding carboxylic acids is 1. The van der Waals surface area contributed by atoms with Gasteiger partial charge in [-0.05, 0) is 48.7 Å². The number of allylic oxidation sites excluding steroid dienone is 1. The SMILES string of the molecule is C=CCn1c(=NC(=O)Cc2ccc(C)c(C)c2)sc2cc(Cl)ccc21. The van der Waals surface area contributed by atoms with Gasteiger partial charge in [-0.3, -0.25) is 4.79 Å². The van der Waals surface area contributed by atoms with E-state index in [2.05, 4.69) is 18.5 Å². The molecule has 0 saturated heterocycles. The van der Waals surface area contributed by atoms with Gasteiger partial charge < -0.3 is 4.57 Å². The molecule has 0 bridgehead atoms. The number of halogens is 1. The first kappa shape index (κ1) is 17.6. The third-order valence-corrected chi connectivity index (χ3v) is 5.38. The maximum absolute atomic E-state index is 12.5. The van der Waals surface area contributed by atoms with Crippen LogP contribution in [0.4, 0.5) is 0 Å². The van der Waals surface area contributed by atoms with E-state index < -0.39 is 0 Å². The van der Waals surface area contributed by atoms with Gasteiger partial charge in [0.25, 0.3) is 5.91 Å². The van der Waals surface area contributed by atoms with Crippen molar-refractivity contribution in [1.29, 1.82) is 0 Å². The first-order valence-corrected chi connectivity index (χ1v) is 9.21. The fraction of sp³-hybridized carbons (Fsp3) is 0.200. The van der Waals surface area contributed by atoms with E-state index in [1.807, 2.05) is 47.9 Å². The van der Waals surface area contributed by atoms with Gasteiger partial charge in [-0.2, -0.15) is 4.99 Å². The Morgan fingerprint density at radius 2 is 2.04 bits per heavy atom. The maximum Gasteiger partial charge on any atom is 0.252 e. The molecule has 1 heterocycles. The first-order chi connectivity index (χ1) is 12.0. The summed E-state index contributed by atoms with van der Waals surface area (Å²) < 4.78 is 2.99. The van der Waals surface area contributed by atoms with E-state index in [0.29, 0.717) is 22.8 Å². The Morgan fingerprint density at radius 1 is 1.24 bits per heavy atom. The van der Waals surface area contributed by atoms with Crippen molar-refractivity contribution in [3.05, 3.63) is 75.6 Å². The lowest BCUT2D eigenvalue weighted by atomic mass is 10.0. The average molecular weight is 371 g/mol. The lowest BCUT2D eigenvalue weighted by Gasteiger charge is -2.03. The van der Waals surface area contributed by atoms with Crippen molar-refractivity contribution in [2.45, 2.75) is 26.8 Å². The number of carbonyl (C=O) groups is 1. The summed E-state index contributed by atoms with van der Waals surface area (Å²) in [6.45, 7) is 8.50. The lowest BCUT2D eigenvalue weighted by Crippen LogP contribution is -2.16. The van der Waals surface area contributed by atoms with Crippen LogP contribution in [0, 0.1) is 13.8 Å². The van der Waals surface area contributed by atoms with E-state index >= 15 is 0 Å². The van der Waals surface area contributed by atoms with Crippen LogP contribution in [0.1, 0.15) is 16.7 Å². The molecule has 1 amide bonds. The van der Waals surface area contributed by atoms with Gasteiger partial charge in [0.05, 0.1) is 16.6 Å². The summed E-state index contributed by atoms with van der Waals surface area (Å²) in [5.74, 6) is -0.154. The fourth-order valence-corrected chi connectivity index (χ4v) is 4.00. The first-order valence-electron chi connectivity index (χ1n) is 8.01. The average Bonchev–Trinajstić information content (AvgIpc) is 2.88. The predicted octanol–water partition coefficient (Wildman–Crippen LogP) is 4.83. The number of fused-ring (bicyclic) bond motifs is 1. The Hall–Kier alpha value is -2.17. The van der Waals surface area contributed by atoms with E-state index in [0.717, 1.165) is 15.8 Å². The highest BCUT2D eigenvalue weighted by Crippen LogP contribution is 2.22. The number of aryl methyl sites for hydroxylation is 2. The van der Waals surface area contributed by atoms with Crippen molar-refractivity contribution in [2.24, 2.45) is 4.99 Å². The molecule has 128 valence electrons. The van der Waals surface area contributed by atoms with Crippen molar-refractivity contribution < 1.29 is 4.79 Å². The Kier molecular flexibility index (Phi) is 5.21. The summed E-state index contributed by atoms with van der Waals surface area (Å²) in [5, 5.41) is 0.674. The molecule has 5 heteroatoms. The van der Waals surface area contributed by atoms with E-state index in [1.54, 1.807) is 6.08 Å². The van der Waals surface area contributed by atoms with Gasteiger partial charge >= 0.3 is 0 Å². The summed E-state index contributed by atoms with van der Waals surface area (Å²) in [7, 11) is 0. The topological polar surface area (TPSA) is 34.4 Å². The third kappa shape index (κ3) is 3.91. The van der Waals surface area contributed by atoms with Crippen molar-refractivity contribution in [3.8, 4) is 0 Å². The number of amides is 1. The Bertz CT molecular complexity index is 1030. The third-order valence-electron chi connectivity index (χ3n) is 4.10. The quantitative estimate of drug-likeness (QED) is 0.606. The van der Waals surface area contributed by atoms with Crippen LogP contribution in [0.2, 0.25) is 5.02 Å². The van der Waals surface area contributed by atoms with Gasteiger partial charge in [0.15, 0.2) is 4.80 Å². The van der Waals surface area contributed by atoms with Gasteiger partial charge in [0.1, 0.15) is 0 Å². The molecule has 3 rings (SSSR count). The minimum atomic E-state index is -0.154. The zero-order valence-electron chi connectivity index (χ0n) is 14.3. The highest BCUT2D eigenvalue weighted by molar-refractivity contribution is 7.16. The molecule has 3 aromatic rings. The lowest BCUT2D eigenvalue weighted by molar-refractivity contribution is -0.117. The summed E-state index contributed by atoms with van der Waals surface area (Å²) >= 11 is 7.54. The number of nitrogens with zero attached hydrogens (tertiary/aromatic N) is 2. The Balaban J connectivity index is 1.98. The fourth-order valence-electron chi connectivity index (χ4n) is 2.67. The molecule has 0 spiro atoms. The zero-order chi connectivity index (χ0) is 18.0. The second-order valence-electron chi connectivity index (χ2n) is 6.00. The second kappa shape index (κ2) is 7.38. The van der Waals surface area contributed by atoms with Crippen molar-refractivity contribution in [3.63, 3.8) is 0 Å². The highest BCUT2D eigenvalue weighted by atomic mass is 35.5. The largest absolute Gasteiger partial charge is 0.313 e. The molecule has 0 radical (unpaired) electrons. The summed E-state index contributed by atoms with van der Waals surface area (Å²) in [6, 6.07) is 11.8. The van der Waals surface area contributed by atoms with Crippen LogP contribution < -0.4 is 4.80 Å². The van der Waals surface area contributed by atoms with Gasteiger partial charge in [-0.25, -0.2) is 0 Å². The smallest absolute Gasteiger partial charge is 0.252 e. The number of benzene rings is 2. The van der Waals surface area contributed by atoms with Crippen LogP contribution in [-0.2, 0) is 17.8 Å². The molecule has 0 atom stereocenters. The summed E-state index contributed by atoms with van der Waals surface area (Å²) in [6.07, 6.45) is 2.10. The molecule has 2 aromatic carbocycles.